The molecule has 2 aliphatic heterocycles. The van der Waals surface area contributed by atoms with Crippen LogP contribution in [0.1, 0.15) is 75.7 Å². The van der Waals surface area contributed by atoms with Crippen LogP contribution in [0, 0.1) is 17.1 Å². The first-order chi connectivity index (χ1) is 22.6. The second kappa shape index (κ2) is 13.8. The van der Waals surface area contributed by atoms with Gasteiger partial charge in [-0.1, -0.05) is 61.0 Å². The van der Waals surface area contributed by atoms with Gasteiger partial charge >= 0.3 is 0 Å². The zero-order chi connectivity index (χ0) is 33.1. The maximum atomic E-state index is 14.0. The molecule has 1 aromatic heterocycles. The number of likely N-dealkylation sites (tertiary alicyclic amines) is 1. The minimum absolute atomic E-state index is 0.0172. The zero-order valence-corrected chi connectivity index (χ0v) is 28.1. The van der Waals surface area contributed by atoms with Crippen molar-refractivity contribution in [2.24, 2.45) is 0 Å². The van der Waals surface area contributed by atoms with E-state index in [9.17, 15) is 9.65 Å². The Hall–Kier alpha value is -4.36. The SMILES string of the molecule is CCC(Nc1c(C#N)cnc2c(Cl)cc(N[C@H](C3=CN(C4CCN(C(C)(C)C)CC4)NN3)c3ccc(F)cc3)cc12)c1ccccc1. The minimum atomic E-state index is -0.354. The lowest BCUT2D eigenvalue weighted by atomic mass is 9.98. The maximum absolute atomic E-state index is 14.0. The van der Waals surface area contributed by atoms with Crippen molar-refractivity contribution in [3.05, 3.63) is 112 Å². The normalized spacial score (nSPS) is 17.1. The molecule has 0 spiro atoms. The molecule has 2 atom stereocenters. The van der Waals surface area contributed by atoms with E-state index in [2.05, 4.69) is 88.6 Å². The van der Waals surface area contributed by atoms with Crippen molar-refractivity contribution >= 4 is 33.9 Å². The maximum Gasteiger partial charge on any atom is 0.123 e. The van der Waals surface area contributed by atoms with Crippen LogP contribution in [0.2, 0.25) is 5.02 Å². The first kappa shape index (κ1) is 32.6. The van der Waals surface area contributed by atoms with Crippen molar-refractivity contribution in [1.82, 2.24) is 25.9 Å². The lowest BCUT2D eigenvalue weighted by Crippen LogP contribution is -2.52. The van der Waals surface area contributed by atoms with Crippen LogP contribution in [0.4, 0.5) is 15.8 Å². The molecule has 47 heavy (non-hydrogen) atoms. The number of hydrogen-bond acceptors (Lipinski definition) is 8. The number of aromatic nitrogens is 1. The van der Waals surface area contributed by atoms with Gasteiger partial charge in [0.05, 0.1) is 39.6 Å². The summed E-state index contributed by atoms with van der Waals surface area (Å²) in [5.74, 6) is -0.297. The molecule has 244 valence electrons. The largest absolute Gasteiger partial charge is 0.377 e. The highest BCUT2D eigenvalue weighted by Crippen LogP contribution is 2.38. The number of rotatable bonds is 9. The van der Waals surface area contributed by atoms with Crippen LogP contribution in [-0.2, 0) is 0 Å². The number of anilines is 2. The Morgan fingerprint density at radius 3 is 2.43 bits per heavy atom. The molecule has 2 aliphatic rings. The number of benzene rings is 3. The summed E-state index contributed by atoms with van der Waals surface area (Å²) in [6.07, 6.45) is 6.57. The number of halogens is 2. The smallest absolute Gasteiger partial charge is 0.123 e. The number of hydrogen-bond donors (Lipinski definition) is 4. The Balaban J connectivity index is 1.33. The molecule has 6 rings (SSSR count). The van der Waals surface area contributed by atoms with Gasteiger partial charge in [-0.25, -0.2) is 4.39 Å². The minimum Gasteiger partial charge on any atom is -0.377 e. The van der Waals surface area contributed by atoms with E-state index in [4.69, 9.17) is 11.6 Å². The van der Waals surface area contributed by atoms with E-state index >= 15 is 0 Å². The highest BCUT2D eigenvalue weighted by Gasteiger charge is 2.32. The van der Waals surface area contributed by atoms with Gasteiger partial charge in [0.2, 0.25) is 0 Å². The van der Waals surface area contributed by atoms with E-state index in [0.29, 0.717) is 27.8 Å². The monoisotopic (exact) mass is 652 g/mol. The molecule has 4 aromatic rings. The molecular weight excluding hydrogens is 611 g/mol. The quantitative estimate of drug-likeness (QED) is 0.144. The third-order valence-corrected chi connectivity index (χ3v) is 9.50. The Bertz CT molecular complexity index is 1770. The van der Waals surface area contributed by atoms with Crippen molar-refractivity contribution in [1.29, 1.82) is 5.26 Å². The van der Waals surface area contributed by atoms with Crippen molar-refractivity contribution in [3.8, 4) is 6.07 Å². The van der Waals surface area contributed by atoms with E-state index in [1.165, 1.54) is 12.1 Å². The number of nitrogens with zero attached hydrogens (tertiary/aromatic N) is 4. The van der Waals surface area contributed by atoms with Gasteiger partial charge in [0.1, 0.15) is 11.9 Å². The molecule has 3 heterocycles. The first-order valence-corrected chi connectivity index (χ1v) is 16.6. The molecule has 0 bridgehead atoms. The van der Waals surface area contributed by atoms with Gasteiger partial charge in [-0.3, -0.25) is 14.9 Å². The van der Waals surface area contributed by atoms with Gasteiger partial charge in [0.15, 0.2) is 0 Å². The fraction of sp³-hybridized carbons (Fsp3) is 0.351. The fourth-order valence-electron chi connectivity index (χ4n) is 6.53. The molecule has 3 aromatic carbocycles. The van der Waals surface area contributed by atoms with Crippen LogP contribution in [0.25, 0.3) is 10.9 Å². The third kappa shape index (κ3) is 7.15. The summed E-state index contributed by atoms with van der Waals surface area (Å²) in [4.78, 5) is 7.09. The predicted octanol–water partition coefficient (Wildman–Crippen LogP) is 8.04. The molecule has 0 amide bonds. The fourth-order valence-corrected chi connectivity index (χ4v) is 6.80. The van der Waals surface area contributed by atoms with Gasteiger partial charge in [0, 0.05) is 48.1 Å². The van der Waals surface area contributed by atoms with Gasteiger partial charge in [-0.15, -0.1) is 5.53 Å². The van der Waals surface area contributed by atoms with Gasteiger partial charge in [0.25, 0.3) is 0 Å². The molecular formula is C37H42ClFN8. The van der Waals surface area contributed by atoms with Crippen molar-refractivity contribution < 1.29 is 4.39 Å². The van der Waals surface area contributed by atoms with Crippen LogP contribution in [-0.4, -0.2) is 39.6 Å². The van der Waals surface area contributed by atoms with Crippen molar-refractivity contribution in [2.45, 2.75) is 70.6 Å². The number of hydrazine groups is 2. The highest BCUT2D eigenvalue weighted by atomic mass is 35.5. The lowest BCUT2D eigenvalue weighted by molar-refractivity contribution is 0.0570. The van der Waals surface area contributed by atoms with Crippen LogP contribution >= 0.6 is 11.6 Å². The Morgan fingerprint density at radius 1 is 1.04 bits per heavy atom. The summed E-state index contributed by atoms with van der Waals surface area (Å²) < 4.78 is 14.0. The van der Waals surface area contributed by atoms with Gasteiger partial charge < -0.3 is 16.1 Å². The highest BCUT2D eigenvalue weighted by molar-refractivity contribution is 6.35. The molecule has 0 radical (unpaired) electrons. The number of pyridine rings is 1. The summed E-state index contributed by atoms with van der Waals surface area (Å²) in [6, 6.07) is 22.8. The van der Waals surface area contributed by atoms with E-state index in [-0.39, 0.29) is 23.4 Å². The number of nitriles is 1. The predicted molar refractivity (Wildman–Crippen MR) is 188 cm³/mol. The van der Waals surface area contributed by atoms with Gasteiger partial charge in [-0.05, 0) is 75.4 Å². The standard InChI is InChI=1S/C37H42ClFN8/c1-5-32(24-9-7-6-8-10-24)43-34-26(21-40)22-41-36-30(34)19-28(20-31(36)38)42-35(25-11-13-27(39)14-12-25)33-23-47(45-44-33)29-15-17-46(18-16-29)37(2,3)4/h6-14,19-20,22-23,29,32,35,42,44-45H,5,15-18H2,1-4H3,(H,41,43)/t32?,35-/m0/s1. The summed E-state index contributed by atoms with van der Waals surface area (Å²) in [7, 11) is 0. The zero-order valence-electron chi connectivity index (χ0n) is 27.3. The van der Waals surface area contributed by atoms with Crippen LogP contribution in [0.5, 0.6) is 0 Å². The van der Waals surface area contributed by atoms with Crippen LogP contribution in [0.15, 0.2) is 84.8 Å². The number of piperidine rings is 1. The average Bonchev–Trinajstić information content (AvgIpc) is 3.57. The second-order valence-electron chi connectivity index (χ2n) is 13.3. The molecule has 4 N–H and O–H groups in total. The Morgan fingerprint density at radius 2 is 1.77 bits per heavy atom. The van der Waals surface area contributed by atoms with Gasteiger partial charge in [-0.2, -0.15) is 5.26 Å². The van der Waals surface area contributed by atoms with Crippen molar-refractivity contribution in [2.75, 3.05) is 23.7 Å². The summed E-state index contributed by atoms with van der Waals surface area (Å²) >= 11 is 6.88. The molecule has 0 saturated carbocycles. The van der Waals surface area contributed by atoms with E-state index in [0.717, 1.165) is 60.2 Å². The topological polar surface area (TPSA) is 91.3 Å². The lowest BCUT2D eigenvalue weighted by Gasteiger charge is -2.42. The van der Waals surface area contributed by atoms with E-state index < -0.39 is 0 Å². The molecule has 1 fully saturated rings. The molecule has 0 aliphatic carbocycles. The molecule has 10 heteroatoms. The van der Waals surface area contributed by atoms with E-state index in [1.54, 1.807) is 18.3 Å². The number of fused-ring (bicyclic) bond motifs is 1. The van der Waals surface area contributed by atoms with Crippen molar-refractivity contribution in [3.63, 3.8) is 0 Å². The Labute approximate surface area is 281 Å². The average molecular weight is 653 g/mol. The van der Waals surface area contributed by atoms with Crippen LogP contribution < -0.4 is 21.6 Å². The molecule has 1 unspecified atom stereocenters. The summed E-state index contributed by atoms with van der Waals surface area (Å²) in [5, 5.41) is 20.7. The van der Waals surface area contributed by atoms with E-state index in [1.807, 2.05) is 30.3 Å². The molecule has 1 saturated heterocycles. The third-order valence-electron chi connectivity index (χ3n) is 9.21. The second-order valence-corrected chi connectivity index (χ2v) is 13.7. The summed E-state index contributed by atoms with van der Waals surface area (Å²) in [5.41, 5.74) is 12.3. The number of nitrogens with one attached hydrogen (secondary N) is 4. The molecule has 8 nitrogen and oxygen atoms in total. The first-order valence-electron chi connectivity index (χ1n) is 16.3. The summed E-state index contributed by atoms with van der Waals surface area (Å²) in [6.45, 7) is 11.0. The Kier molecular flexibility index (Phi) is 9.55. The van der Waals surface area contributed by atoms with Crippen LogP contribution in [0.3, 0.4) is 0 Å².